The Labute approximate surface area is 169 Å². The van der Waals surface area contributed by atoms with E-state index in [0.29, 0.717) is 23.5 Å². The molecule has 0 spiro atoms. The molecule has 7 nitrogen and oxygen atoms in total. The van der Waals surface area contributed by atoms with Crippen molar-refractivity contribution in [3.63, 3.8) is 0 Å². The summed E-state index contributed by atoms with van der Waals surface area (Å²) in [6.07, 6.45) is 0.106. The lowest BCUT2D eigenvalue weighted by molar-refractivity contribution is -0.309. The van der Waals surface area contributed by atoms with Gasteiger partial charge in [0.05, 0.1) is 12.0 Å². The van der Waals surface area contributed by atoms with Crippen molar-refractivity contribution in [1.82, 2.24) is 5.32 Å². The van der Waals surface area contributed by atoms with Crippen LogP contribution in [0, 0.1) is 12.8 Å². The first-order valence-electron chi connectivity index (χ1n) is 9.44. The number of amides is 1. The minimum absolute atomic E-state index is 0.0343. The predicted molar refractivity (Wildman–Crippen MR) is 108 cm³/mol. The number of aliphatic carboxylic acids is 1. The normalized spacial score (nSPS) is 12.0. The number of carboxylic acids is 1. The standard InChI is InChI=1S/C22H27NO6/c1-12(2)11-28-15-6-7-16-14(5)17(22(27)29-18(16)10-15)8-9-19(24)23-20(13(3)4)21(25)26/h6-7,10,13,20H,1,8-9,11H2,2-5H3,(H,23,24)(H,25,26)/p-1/t20-/m0/s1. The highest BCUT2D eigenvalue weighted by atomic mass is 16.5. The number of hydrogen-bond acceptors (Lipinski definition) is 6. The summed E-state index contributed by atoms with van der Waals surface area (Å²) in [6, 6.07) is 4.16. The Morgan fingerprint density at radius 1 is 1.31 bits per heavy atom. The summed E-state index contributed by atoms with van der Waals surface area (Å²) in [6.45, 7) is 11.1. The van der Waals surface area contributed by atoms with Gasteiger partial charge < -0.3 is 24.4 Å². The van der Waals surface area contributed by atoms with E-state index < -0.39 is 23.5 Å². The van der Waals surface area contributed by atoms with Crippen molar-refractivity contribution in [2.24, 2.45) is 5.92 Å². The lowest BCUT2D eigenvalue weighted by Crippen LogP contribution is -2.50. The van der Waals surface area contributed by atoms with E-state index in [9.17, 15) is 19.5 Å². The zero-order chi connectivity index (χ0) is 21.7. The van der Waals surface area contributed by atoms with Crippen LogP contribution in [0.1, 0.15) is 38.3 Å². The van der Waals surface area contributed by atoms with Gasteiger partial charge in [-0.15, -0.1) is 0 Å². The van der Waals surface area contributed by atoms with Crippen molar-refractivity contribution in [3.05, 3.63) is 51.9 Å². The van der Waals surface area contributed by atoms with Crippen LogP contribution in [0.2, 0.25) is 0 Å². The maximum atomic E-state index is 12.4. The van der Waals surface area contributed by atoms with Crippen LogP contribution in [0.15, 0.2) is 39.6 Å². The summed E-state index contributed by atoms with van der Waals surface area (Å²) < 4.78 is 11.0. The predicted octanol–water partition coefficient (Wildman–Crippen LogP) is 1.88. The molecule has 0 aliphatic rings. The van der Waals surface area contributed by atoms with Gasteiger partial charge in [-0.3, -0.25) is 4.79 Å². The van der Waals surface area contributed by atoms with Crippen LogP contribution < -0.4 is 20.8 Å². The number of carbonyl (C=O) groups is 2. The molecule has 1 aromatic carbocycles. The molecule has 1 atom stereocenters. The third kappa shape index (κ3) is 5.70. The number of ether oxygens (including phenoxy) is 1. The van der Waals surface area contributed by atoms with Crippen LogP contribution in [0.25, 0.3) is 11.0 Å². The molecule has 0 saturated heterocycles. The Kier molecular flexibility index (Phi) is 7.20. The second-order valence-corrected chi connectivity index (χ2v) is 7.51. The zero-order valence-corrected chi connectivity index (χ0v) is 17.2. The molecule has 2 rings (SSSR count). The Hall–Kier alpha value is -3.09. The molecule has 1 N–H and O–H groups in total. The lowest BCUT2D eigenvalue weighted by atomic mass is 10.0. The second-order valence-electron chi connectivity index (χ2n) is 7.51. The Balaban J connectivity index is 2.18. The molecule has 0 fully saturated rings. The van der Waals surface area contributed by atoms with Gasteiger partial charge in [-0.2, -0.15) is 0 Å². The fourth-order valence-corrected chi connectivity index (χ4v) is 2.94. The second kappa shape index (κ2) is 9.41. The fraction of sp³-hybridized carbons (Fsp3) is 0.409. The van der Waals surface area contributed by atoms with Crippen LogP contribution in [0.4, 0.5) is 0 Å². The highest BCUT2D eigenvalue weighted by molar-refractivity contribution is 5.84. The van der Waals surface area contributed by atoms with E-state index in [1.165, 1.54) is 0 Å². The van der Waals surface area contributed by atoms with Crippen molar-refractivity contribution in [2.75, 3.05) is 6.61 Å². The number of fused-ring (bicyclic) bond motifs is 1. The van der Waals surface area contributed by atoms with Gasteiger partial charge in [0, 0.05) is 23.4 Å². The van der Waals surface area contributed by atoms with Crippen LogP contribution in [0.5, 0.6) is 5.75 Å². The molecule has 7 heteroatoms. The molecule has 2 aromatic rings. The van der Waals surface area contributed by atoms with Gasteiger partial charge in [-0.1, -0.05) is 20.4 Å². The van der Waals surface area contributed by atoms with Gasteiger partial charge in [-0.05, 0) is 49.5 Å². The van der Waals surface area contributed by atoms with Crippen LogP contribution in [0.3, 0.4) is 0 Å². The first kappa shape index (κ1) is 22.2. The van der Waals surface area contributed by atoms with Crippen LogP contribution in [-0.2, 0) is 16.0 Å². The first-order chi connectivity index (χ1) is 13.6. The third-order valence-corrected chi connectivity index (χ3v) is 4.58. The summed E-state index contributed by atoms with van der Waals surface area (Å²) in [7, 11) is 0. The average Bonchev–Trinajstić information content (AvgIpc) is 2.63. The van der Waals surface area contributed by atoms with E-state index in [-0.39, 0.29) is 18.8 Å². The van der Waals surface area contributed by atoms with Crippen molar-refractivity contribution in [3.8, 4) is 5.75 Å². The van der Waals surface area contributed by atoms with Crippen molar-refractivity contribution < 1.29 is 23.8 Å². The molecular weight excluding hydrogens is 374 g/mol. The van der Waals surface area contributed by atoms with Crippen molar-refractivity contribution in [1.29, 1.82) is 0 Å². The maximum absolute atomic E-state index is 12.4. The van der Waals surface area contributed by atoms with E-state index in [0.717, 1.165) is 16.5 Å². The highest BCUT2D eigenvalue weighted by Crippen LogP contribution is 2.25. The molecule has 0 saturated carbocycles. The quantitative estimate of drug-likeness (QED) is 0.508. The molecular formula is C22H26NO6-. The lowest BCUT2D eigenvalue weighted by Gasteiger charge is -2.23. The van der Waals surface area contributed by atoms with E-state index in [1.54, 1.807) is 39.0 Å². The molecule has 1 heterocycles. The molecule has 1 aromatic heterocycles. The SMILES string of the molecule is C=C(C)COc1ccc2c(C)c(CCC(=O)N[C@H](C(=O)[O-])C(C)C)c(=O)oc2c1. The topological polar surface area (TPSA) is 109 Å². The minimum Gasteiger partial charge on any atom is -0.548 e. The van der Waals surface area contributed by atoms with Crippen molar-refractivity contribution >= 4 is 22.8 Å². The van der Waals surface area contributed by atoms with Gasteiger partial charge in [0.2, 0.25) is 5.91 Å². The minimum atomic E-state index is -1.33. The molecule has 0 aliphatic carbocycles. The van der Waals surface area contributed by atoms with Crippen molar-refractivity contribution in [2.45, 2.75) is 46.6 Å². The molecule has 0 aliphatic heterocycles. The smallest absolute Gasteiger partial charge is 0.339 e. The number of hydrogen-bond donors (Lipinski definition) is 1. The summed E-state index contributed by atoms with van der Waals surface area (Å²) in [5.41, 5.74) is 1.85. The molecule has 156 valence electrons. The summed E-state index contributed by atoms with van der Waals surface area (Å²) >= 11 is 0. The van der Waals surface area contributed by atoms with Gasteiger partial charge in [0.25, 0.3) is 0 Å². The van der Waals surface area contributed by atoms with Gasteiger partial charge in [0.15, 0.2) is 0 Å². The number of carboxylic acid groups (broad SMARTS) is 1. The monoisotopic (exact) mass is 400 g/mol. The number of carbonyl (C=O) groups excluding carboxylic acids is 2. The average molecular weight is 400 g/mol. The first-order valence-corrected chi connectivity index (χ1v) is 9.44. The molecule has 1 amide bonds. The van der Waals surface area contributed by atoms with E-state index in [4.69, 9.17) is 9.15 Å². The molecule has 0 radical (unpaired) electrons. The Morgan fingerprint density at radius 3 is 2.59 bits per heavy atom. The summed E-state index contributed by atoms with van der Waals surface area (Å²) in [5, 5.41) is 14.3. The molecule has 0 unspecified atom stereocenters. The molecule has 29 heavy (non-hydrogen) atoms. The Bertz CT molecular complexity index is 989. The number of benzene rings is 1. The number of rotatable bonds is 9. The summed E-state index contributed by atoms with van der Waals surface area (Å²) in [5.74, 6) is -1.54. The van der Waals surface area contributed by atoms with Gasteiger partial charge in [0.1, 0.15) is 17.9 Å². The maximum Gasteiger partial charge on any atom is 0.339 e. The zero-order valence-electron chi connectivity index (χ0n) is 17.2. The molecule has 0 bridgehead atoms. The Morgan fingerprint density at radius 2 is 2.00 bits per heavy atom. The fourth-order valence-electron chi connectivity index (χ4n) is 2.94. The largest absolute Gasteiger partial charge is 0.548 e. The van der Waals surface area contributed by atoms with Crippen LogP contribution >= 0.6 is 0 Å². The van der Waals surface area contributed by atoms with Gasteiger partial charge >= 0.3 is 5.63 Å². The van der Waals surface area contributed by atoms with E-state index >= 15 is 0 Å². The third-order valence-electron chi connectivity index (χ3n) is 4.58. The van der Waals surface area contributed by atoms with Crippen LogP contribution in [-0.4, -0.2) is 24.5 Å². The van der Waals surface area contributed by atoms with E-state index in [1.807, 2.05) is 6.92 Å². The number of aryl methyl sites for hydroxylation is 1. The highest BCUT2D eigenvalue weighted by Gasteiger charge is 2.19. The van der Waals surface area contributed by atoms with E-state index in [2.05, 4.69) is 11.9 Å². The number of nitrogens with one attached hydrogen (secondary N) is 1. The van der Waals surface area contributed by atoms with Gasteiger partial charge in [-0.25, -0.2) is 4.79 Å². The summed E-state index contributed by atoms with van der Waals surface area (Å²) in [4.78, 5) is 35.7.